The maximum Gasteiger partial charge on any atom is 0.181 e. The van der Waals surface area contributed by atoms with Crippen LogP contribution in [0.3, 0.4) is 0 Å². The summed E-state index contributed by atoms with van der Waals surface area (Å²) in [4.78, 5) is 0. The zero-order valence-corrected chi connectivity index (χ0v) is 9.33. The van der Waals surface area contributed by atoms with Gasteiger partial charge in [0, 0.05) is 19.3 Å². The molecule has 1 spiro atoms. The first-order valence-corrected chi connectivity index (χ1v) is 5.93. The SMILES string of the molecule is C[C@@H]1O[C@@H]2C[C@H](O)C[C@@H]3OCC[C@@]32O[C@@H]1O. The molecule has 0 unspecified atom stereocenters. The predicted molar refractivity (Wildman–Crippen MR) is 53.8 cm³/mol. The quantitative estimate of drug-likeness (QED) is 0.602. The molecule has 2 saturated heterocycles. The third-order valence-corrected chi connectivity index (χ3v) is 3.99. The zero-order chi connectivity index (χ0) is 11.3. The van der Waals surface area contributed by atoms with Gasteiger partial charge in [0.1, 0.15) is 11.7 Å². The lowest BCUT2D eigenvalue weighted by molar-refractivity contribution is -0.343. The summed E-state index contributed by atoms with van der Waals surface area (Å²) in [6.45, 7) is 2.39. The molecule has 1 saturated carbocycles. The largest absolute Gasteiger partial charge is 0.393 e. The van der Waals surface area contributed by atoms with Crippen molar-refractivity contribution in [1.29, 1.82) is 0 Å². The van der Waals surface area contributed by atoms with Gasteiger partial charge in [0.05, 0.1) is 24.9 Å². The van der Waals surface area contributed by atoms with E-state index in [0.29, 0.717) is 19.4 Å². The van der Waals surface area contributed by atoms with Crippen molar-refractivity contribution in [2.45, 2.75) is 62.5 Å². The minimum absolute atomic E-state index is 0.150. The Kier molecular flexibility index (Phi) is 2.49. The maximum atomic E-state index is 9.77. The van der Waals surface area contributed by atoms with E-state index in [9.17, 15) is 10.2 Å². The van der Waals surface area contributed by atoms with Crippen LogP contribution in [0.4, 0.5) is 0 Å². The minimum Gasteiger partial charge on any atom is -0.393 e. The third kappa shape index (κ3) is 1.43. The molecule has 0 amide bonds. The average Bonchev–Trinajstić information content (AvgIpc) is 2.60. The molecule has 0 aromatic rings. The highest BCUT2D eigenvalue weighted by Crippen LogP contribution is 2.46. The van der Waals surface area contributed by atoms with Gasteiger partial charge in [-0.25, -0.2) is 0 Å². The fraction of sp³-hybridized carbons (Fsp3) is 1.00. The number of rotatable bonds is 0. The van der Waals surface area contributed by atoms with Crippen molar-refractivity contribution in [2.75, 3.05) is 6.61 Å². The number of aliphatic hydroxyl groups excluding tert-OH is 2. The van der Waals surface area contributed by atoms with Gasteiger partial charge in [-0.15, -0.1) is 0 Å². The van der Waals surface area contributed by atoms with Gasteiger partial charge in [-0.05, 0) is 6.92 Å². The molecule has 6 atom stereocenters. The molecule has 92 valence electrons. The summed E-state index contributed by atoms with van der Waals surface area (Å²) >= 11 is 0. The summed E-state index contributed by atoms with van der Waals surface area (Å²) in [5.41, 5.74) is -0.537. The Morgan fingerprint density at radius 2 is 1.94 bits per heavy atom. The summed E-state index contributed by atoms with van der Waals surface area (Å²) in [7, 11) is 0. The second kappa shape index (κ2) is 3.65. The van der Waals surface area contributed by atoms with E-state index in [1.54, 1.807) is 6.92 Å². The Bertz CT molecular complexity index is 284. The molecule has 0 aromatic heterocycles. The molecule has 0 radical (unpaired) electrons. The van der Waals surface area contributed by atoms with Crippen molar-refractivity contribution in [2.24, 2.45) is 0 Å². The van der Waals surface area contributed by atoms with E-state index < -0.39 is 18.0 Å². The second-order valence-electron chi connectivity index (χ2n) is 5.03. The van der Waals surface area contributed by atoms with Crippen molar-refractivity contribution in [3.8, 4) is 0 Å². The Morgan fingerprint density at radius 1 is 1.19 bits per heavy atom. The van der Waals surface area contributed by atoms with Crippen molar-refractivity contribution >= 4 is 0 Å². The molecule has 0 aromatic carbocycles. The number of ether oxygens (including phenoxy) is 3. The molecule has 3 rings (SSSR count). The van der Waals surface area contributed by atoms with Crippen LogP contribution in [0, 0.1) is 0 Å². The van der Waals surface area contributed by atoms with Gasteiger partial charge >= 0.3 is 0 Å². The second-order valence-corrected chi connectivity index (χ2v) is 5.03. The first-order valence-electron chi connectivity index (χ1n) is 5.93. The van der Waals surface area contributed by atoms with Crippen LogP contribution in [0.2, 0.25) is 0 Å². The molecular formula is C11H18O5. The molecule has 5 heteroatoms. The van der Waals surface area contributed by atoms with Crippen LogP contribution in [0.1, 0.15) is 26.2 Å². The van der Waals surface area contributed by atoms with Gasteiger partial charge < -0.3 is 24.4 Å². The third-order valence-electron chi connectivity index (χ3n) is 3.99. The highest BCUT2D eigenvalue weighted by atomic mass is 16.7. The lowest BCUT2D eigenvalue weighted by atomic mass is 9.77. The van der Waals surface area contributed by atoms with Crippen LogP contribution in [0.25, 0.3) is 0 Å². The Hall–Kier alpha value is -0.200. The van der Waals surface area contributed by atoms with Gasteiger partial charge in [0.2, 0.25) is 0 Å². The molecule has 2 heterocycles. The van der Waals surface area contributed by atoms with Crippen molar-refractivity contribution in [3.63, 3.8) is 0 Å². The molecule has 2 aliphatic heterocycles. The van der Waals surface area contributed by atoms with Crippen molar-refractivity contribution < 1.29 is 24.4 Å². The summed E-state index contributed by atoms with van der Waals surface area (Å²) < 4.78 is 17.1. The Balaban J connectivity index is 1.89. The molecule has 0 bridgehead atoms. The van der Waals surface area contributed by atoms with Gasteiger partial charge in [-0.1, -0.05) is 0 Å². The van der Waals surface area contributed by atoms with E-state index in [0.717, 1.165) is 6.42 Å². The highest BCUT2D eigenvalue weighted by molar-refractivity contribution is 5.07. The predicted octanol–water partition coefficient (Wildman–Crippen LogP) is -0.209. The molecular weight excluding hydrogens is 212 g/mol. The fourth-order valence-electron chi connectivity index (χ4n) is 3.12. The standard InChI is InChI=1S/C11H18O5/c1-6-10(13)16-11-2-3-14-8(11)4-7(12)5-9(11)15-6/h6-10,12-13H,2-5H2,1H3/t6-,7+,8-,9+,10-,11+/m0/s1. The monoisotopic (exact) mass is 230 g/mol. The van der Waals surface area contributed by atoms with E-state index in [2.05, 4.69) is 0 Å². The number of hydrogen-bond donors (Lipinski definition) is 2. The smallest absolute Gasteiger partial charge is 0.181 e. The first-order chi connectivity index (χ1) is 7.62. The van der Waals surface area contributed by atoms with Crippen LogP contribution >= 0.6 is 0 Å². The van der Waals surface area contributed by atoms with Gasteiger partial charge in [-0.3, -0.25) is 0 Å². The van der Waals surface area contributed by atoms with Crippen molar-refractivity contribution in [3.05, 3.63) is 0 Å². The maximum absolute atomic E-state index is 9.77. The van der Waals surface area contributed by atoms with Crippen LogP contribution in [-0.4, -0.2) is 53.1 Å². The van der Waals surface area contributed by atoms with Gasteiger partial charge in [0.25, 0.3) is 0 Å². The van der Waals surface area contributed by atoms with E-state index in [-0.39, 0.29) is 18.3 Å². The molecule has 3 fully saturated rings. The normalized spacial score (nSPS) is 56.8. The summed E-state index contributed by atoms with van der Waals surface area (Å²) in [5, 5.41) is 19.5. The Morgan fingerprint density at radius 3 is 2.75 bits per heavy atom. The minimum atomic E-state index is -0.893. The van der Waals surface area contributed by atoms with Crippen molar-refractivity contribution in [1.82, 2.24) is 0 Å². The zero-order valence-electron chi connectivity index (χ0n) is 9.33. The Labute approximate surface area is 94.3 Å². The van der Waals surface area contributed by atoms with E-state index in [4.69, 9.17) is 14.2 Å². The number of hydrogen-bond acceptors (Lipinski definition) is 5. The molecule has 1 aliphatic carbocycles. The average molecular weight is 230 g/mol. The highest BCUT2D eigenvalue weighted by Gasteiger charge is 2.59. The topological polar surface area (TPSA) is 68.2 Å². The molecule has 2 N–H and O–H groups in total. The molecule has 3 aliphatic rings. The first kappa shape index (κ1) is 10.9. The van der Waals surface area contributed by atoms with Crippen LogP contribution < -0.4 is 0 Å². The van der Waals surface area contributed by atoms with Crippen LogP contribution in [-0.2, 0) is 14.2 Å². The molecule has 5 nitrogen and oxygen atoms in total. The molecule has 16 heavy (non-hydrogen) atoms. The summed E-state index contributed by atoms with van der Waals surface area (Å²) in [6.07, 6.45) is -0.0767. The summed E-state index contributed by atoms with van der Waals surface area (Å²) in [6, 6.07) is 0. The van der Waals surface area contributed by atoms with Gasteiger partial charge in [0.15, 0.2) is 6.29 Å². The van der Waals surface area contributed by atoms with Crippen LogP contribution in [0.15, 0.2) is 0 Å². The lowest BCUT2D eigenvalue weighted by Gasteiger charge is -2.51. The van der Waals surface area contributed by atoms with E-state index in [1.165, 1.54) is 0 Å². The summed E-state index contributed by atoms with van der Waals surface area (Å²) in [5.74, 6) is 0. The van der Waals surface area contributed by atoms with Gasteiger partial charge in [-0.2, -0.15) is 0 Å². The van der Waals surface area contributed by atoms with E-state index >= 15 is 0 Å². The van der Waals surface area contributed by atoms with Crippen LogP contribution in [0.5, 0.6) is 0 Å². The fourth-order valence-corrected chi connectivity index (χ4v) is 3.12. The lowest BCUT2D eigenvalue weighted by Crippen LogP contribution is -2.64. The van der Waals surface area contributed by atoms with E-state index in [1.807, 2.05) is 0 Å². The number of aliphatic hydroxyl groups is 2.